The summed E-state index contributed by atoms with van der Waals surface area (Å²) in [6.07, 6.45) is 2.94. The molecule has 0 aliphatic carbocycles. The molecule has 0 spiro atoms. The highest BCUT2D eigenvalue weighted by molar-refractivity contribution is 5.51. The first-order chi connectivity index (χ1) is 8.30. The number of nitrogens with two attached hydrogens (primary N) is 1. The van der Waals surface area contributed by atoms with Gasteiger partial charge in [-0.25, -0.2) is 10.8 Å². The molecule has 1 aromatic heterocycles. The summed E-state index contributed by atoms with van der Waals surface area (Å²) in [5.41, 5.74) is 3.58. The zero-order chi connectivity index (χ0) is 12.5. The molecule has 96 valence electrons. The summed E-state index contributed by atoms with van der Waals surface area (Å²) in [7, 11) is 0. The van der Waals surface area contributed by atoms with Crippen molar-refractivity contribution in [2.24, 2.45) is 5.84 Å². The molecule has 1 heterocycles. The summed E-state index contributed by atoms with van der Waals surface area (Å²) in [6.45, 7) is 8.64. The van der Waals surface area contributed by atoms with Crippen LogP contribution in [0.3, 0.4) is 0 Å². The molecule has 1 aromatic rings. The largest absolute Gasteiger partial charge is 0.384 e. The van der Waals surface area contributed by atoms with Crippen LogP contribution in [0.5, 0.6) is 0 Å². The Morgan fingerprint density at radius 3 is 2.82 bits per heavy atom. The van der Waals surface area contributed by atoms with E-state index < -0.39 is 0 Å². The Balaban J connectivity index is 2.34. The second kappa shape index (κ2) is 7.86. The number of hydrogen-bond donors (Lipinski definition) is 3. The minimum Gasteiger partial charge on any atom is -0.384 e. The summed E-state index contributed by atoms with van der Waals surface area (Å²) >= 11 is 0. The van der Waals surface area contributed by atoms with Gasteiger partial charge in [-0.1, -0.05) is 13.8 Å². The van der Waals surface area contributed by atoms with Crippen LogP contribution >= 0.6 is 0 Å². The van der Waals surface area contributed by atoms with E-state index in [4.69, 9.17) is 5.84 Å². The Morgan fingerprint density at radius 2 is 2.18 bits per heavy atom. The molecule has 4 N–H and O–H groups in total. The number of hydrazine groups is 1. The van der Waals surface area contributed by atoms with Gasteiger partial charge in [-0.05, 0) is 25.6 Å². The number of hydrogen-bond acceptors (Lipinski definition) is 5. The van der Waals surface area contributed by atoms with Crippen molar-refractivity contribution in [2.75, 3.05) is 36.9 Å². The van der Waals surface area contributed by atoms with E-state index in [-0.39, 0.29) is 0 Å². The maximum Gasteiger partial charge on any atom is 0.141 e. The number of anilines is 2. The topological polar surface area (TPSA) is 66.2 Å². The van der Waals surface area contributed by atoms with E-state index in [9.17, 15) is 0 Å². The summed E-state index contributed by atoms with van der Waals surface area (Å²) in [6, 6.07) is 3.84. The number of likely N-dealkylation sites (N-methyl/N-ethyl adjacent to an activating group) is 1. The first kappa shape index (κ1) is 13.7. The quantitative estimate of drug-likeness (QED) is 0.472. The molecule has 0 unspecified atom stereocenters. The lowest BCUT2D eigenvalue weighted by Gasteiger charge is -2.19. The lowest BCUT2D eigenvalue weighted by molar-refractivity contribution is 0.300. The van der Waals surface area contributed by atoms with Gasteiger partial charge in [0.2, 0.25) is 0 Å². The predicted molar refractivity (Wildman–Crippen MR) is 72.9 cm³/mol. The predicted octanol–water partition coefficient (Wildman–Crippen LogP) is 1.51. The Morgan fingerprint density at radius 1 is 1.35 bits per heavy atom. The van der Waals surface area contributed by atoms with Crippen molar-refractivity contribution >= 4 is 11.5 Å². The van der Waals surface area contributed by atoms with Crippen molar-refractivity contribution in [3.63, 3.8) is 0 Å². The minimum absolute atomic E-state index is 0.677. The monoisotopic (exact) mass is 237 g/mol. The lowest BCUT2D eigenvalue weighted by atomic mass is 10.3. The number of aromatic nitrogens is 1. The zero-order valence-electron chi connectivity index (χ0n) is 10.7. The van der Waals surface area contributed by atoms with Gasteiger partial charge in [0.1, 0.15) is 5.82 Å². The zero-order valence-corrected chi connectivity index (χ0v) is 10.7. The lowest BCUT2D eigenvalue weighted by Crippen LogP contribution is -2.29. The molecule has 0 aliphatic rings. The molecule has 0 atom stereocenters. The SMILES string of the molecule is CCCN(CC)CCNc1ccnc(NN)c1. The van der Waals surface area contributed by atoms with E-state index in [0.29, 0.717) is 5.82 Å². The van der Waals surface area contributed by atoms with Crippen LogP contribution in [0.25, 0.3) is 0 Å². The van der Waals surface area contributed by atoms with Gasteiger partial charge < -0.3 is 15.6 Å². The molecular formula is C12H23N5. The molecule has 17 heavy (non-hydrogen) atoms. The van der Waals surface area contributed by atoms with Crippen molar-refractivity contribution in [3.05, 3.63) is 18.3 Å². The number of nitrogens with zero attached hydrogens (tertiary/aromatic N) is 2. The minimum atomic E-state index is 0.677. The van der Waals surface area contributed by atoms with Crippen LogP contribution in [0.4, 0.5) is 11.5 Å². The van der Waals surface area contributed by atoms with Gasteiger partial charge in [-0.3, -0.25) is 0 Å². The third kappa shape index (κ3) is 5.01. The summed E-state index contributed by atoms with van der Waals surface area (Å²) in [5.74, 6) is 5.98. The average Bonchev–Trinajstić information content (AvgIpc) is 2.38. The standard InChI is InChI=1S/C12H23N5/c1-3-8-17(4-2)9-7-14-11-5-6-15-12(10-11)16-13/h5-6,10H,3-4,7-9,13H2,1-2H3,(H2,14,15,16). The Kier molecular flexibility index (Phi) is 6.35. The van der Waals surface area contributed by atoms with E-state index in [2.05, 4.69) is 34.5 Å². The third-order valence-electron chi connectivity index (χ3n) is 2.65. The molecule has 0 saturated carbocycles. The van der Waals surface area contributed by atoms with Crippen LogP contribution in [0.15, 0.2) is 18.3 Å². The van der Waals surface area contributed by atoms with Crippen LogP contribution in [0.2, 0.25) is 0 Å². The fraction of sp³-hybridized carbons (Fsp3) is 0.583. The van der Waals surface area contributed by atoms with Gasteiger partial charge in [-0.15, -0.1) is 0 Å². The van der Waals surface area contributed by atoms with E-state index in [1.807, 2.05) is 12.1 Å². The molecule has 0 saturated heterocycles. The van der Waals surface area contributed by atoms with Gasteiger partial charge in [-0.2, -0.15) is 0 Å². The van der Waals surface area contributed by atoms with Crippen molar-refractivity contribution in [2.45, 2.75) is 20.3 Å². The fourth-order valence-corrected chi connectivity index (χ4v) is 1.72. The second-order valence-electron chi connectivity index (χ2n) is 3.94. The Hall–Kier alpha value is -1.33. The van der Waals surface area contributed by atoms with Crippen molar-refractivity contribution in [3.8, 4) is 0 Å². The number of nitrogens with one attached hydrogen (secondary N) is 2. The third-order valence-corrected chi connectivity index (χ3v) is 2.65. The molecular weight excluding hydrogens is 214 g/mol. The molecule has 0 amide bonds. The highest BCUT2D eigenvalue weighted by atomic mass is 15.2. The highest BCUT2D eigenvalue weighted by Gasteiger charge is 2.00. The molecule has 5 nitrogen and oxygen atoms in total. The Labute approximate surface area is 103 Å². The van der Waals surface area contributed by atoms with Crippen LogP contribution < -0.4 is 16.6 Å². The summed E-state index contributed by atoms with van der Waals surface area (Å²) < 4.78 is 0. The molecule has 5 heteroatoms. The van der Waals surface area contributed by atoms with E-state index in [1.165, 1.54) is 6.42 Å². The maximum absolute atomic E-state index is 5.31. The van der Waals surface area contributed by atoms with Crippen molar-refractivity contribution < 1.29 is 0 Å². The van der Waals surface area contributed by atoms with Gasteiger partial charge in [0.15, 0.2) is 0 Å². The molecule has 0 radical (unpaired) electrons. The van der Waals surface area contributed by atoms with Crippen LogP contribution in [-0.2, 0) is 0 Å². The first-order valence-electron chi connectivity index (χ1n) is 6.19. The second-order valence-corrected chi connectivity index (χ2v) is 3.94. The molecule has 0 aliphatic heterocycles. The van der Waals surface area contributed by atoms with Crippen LogP contribution in [0, 0.1) is 0 Å². The smallest absolute Gasteiger partial charge is 0.141 e. The summed E-state index contributed by atoms with van der Waals surface area (Å²) in [4.78, 5) is 6.49. The van der Waals surface area contributed by atoms with Gasteiger partial charge in [0.25, 0.3) is 0 Å². The van der Waals surface area contributed by atoms with E-state index in [0.717, 1.165) is 31.9 Å². The van der Waals surface area contributed by atoms with Crippen LogP contribution in [0.1, 0.15) is 20.3 Å². The number of rotatable bonds is 8. The van der Waals surface area contributed by atoms with Crippen molar-refractivity contribution in [1.29, 1.82) is 0 Å². The van der Waals surface area contributed by atoms with Crippen LogP contribution in [-0.4, -0.2) is 36.1 Å². The molecule has 0 aromatic carbocycles. The number of nitrogen functional groups attached to an aromatic ring is 1. The van der Waals surface area contributed by atoms with E-state index >= 15 is 0 Å². The fourth-order valence-electron chi connectivity index (χ4n) is 1.72. The normalized spacial score (nSPS) is 10.6. The number of pyridine rings is 1. The Bertz CT molecular complexity index is 316. The maximum atomic E-state index is 5.31. The van der Waals surface area contributed by atoms with Gasteiger partial charge in [0.05, 0.1) is 0 Å². The molecule has 0 fully saturated rings. The van der Waals surface area contributed by atoms with Gasteiger partial charge in [0, 0.05) is 31.0 Å². The summed E-state index contributed by atoms with van der Waals surface area (Å²) in [5, 5.41) is 3.37. The highest BCUT2D eigenvalue weighted by Crippen LogP contribution is 2.10. The molecule has 1 rings (SSSR count). The van der Waals surface area contributed by atoms with E-state index in [1.54, 1.807) is 6.20 Å². The molecule has 0 bridgehead atoms. The first-order valence-corrected chi connectivity index (χ1v) is 6.19. The average molecular weight is 237 g/mol. The van der Waals surface area contributed by atoms with Crippen molar-refractivity contribution in [1.82, 2.24) is 9.88 Å². The van der Waals surface area contributed by atoms with Gasteiger partial charge >= 0.3 is 0 Å².